The average molecular weight is 387 g/mol. The molecular formula is C17H20Cl2N2O4. The monoisotopic (exact) mass is 386 g/mol. The molecule has 6 nitrogen and oxygen atoms in total. The molecule has 0 aliphatic carbocycles. The summed E-state index contributed by atoms with van der Waals surface area (Å²) in [5.41, 5.74) is 0.545. The fraction of sp³-hybridized carbons (Fsp3) is 0.529. The summed E-state index contributed by atoms with van der Waals surface area (Å²) in [4.78, 5) is 27.9. The summed E-state index contributed by atoms with van der Waals surface area (Å²) in [6, 6.07) is 2.61. The second-order valence-corrected chi connectivity index (χ2v) is 7.47. The van der Waals surface area contributed by atoms with Crippen LogP contribution in [0.1, 0.15) is 31.2 Å². The van der Waals surface area contributed by atoms with E-state index in [4.69, 9.17) is 23.2 Å². The van der Waals surface area contributed by atoms with E-state index >= 15 is 0 Å². The van der Waals surface area contributed by atoms with Gasteiger partial charge in [0.15, 0.2) is 0 Å². The topological polar surface area (TPSA) is 81.1 Å². The summed E-state index contributed by atoms with van der Waals surface area (Å²) in [7, 11) is 0. The fourth-order valence-corrected chi connectivity index (χ4v) is 4.35. The Hall–Kier alpha value is -1.50. The quantitative estimate of drug-likeness (QED) is 0.814. The Kier molecular flexibility index (Phi) is 5.14. The molecule has 2 N–H and O–H groups in total. The number of aliphatic hydroxyl groups is 1. The molecule has 1 aromatic carbocycles. The summed E-state index contributed by atoms with van der Waals surface area (Å²) in [5.74, 6) is -0.513. The van der Waals surface area contributed by atoms with Crippen molar-refractivity contribution in [3.05, 3.63) is 27.7 Å². The van der Waals surface area contributed by atoms with Crippen LogP contribution in [-0.2, 0) is 9.59 Å². The van der Waals surface area contributed by atoms with E-state index in [0.717, 1.165) is 0 Å². The molecule has 0 saturated carbocycles. The van der Waals surface area contributed by atoms with Crippen LogP contribution in [-0.4, -0.2) is 63.6 Å². The molecule has 2 aliphatic heterocycles. The molecule has 0 spiro atoms. The Bertz CT molecular complexity index is 712. The Morgan fingerprint density at radius 2 is 2.04 bits per heavy atom. The van der Waals surface area contributed by atoms with E-state index < -0.39 is 6.61 Å². The maximum Gasteiger partial charge on any atom is 0.248 e. The minimum absolute atomic E-state index is 0.0362. The van der Waals surface area contributed by atoms with Crippen molar-refractivity contribution in [3.8, 4) is 5.75 Å². The number of hydrogen-bond donors (Lipinski definition) is 2. The number of carbonyl (C=O) groups excluding carboxylic acids is 2. The van der Waals surface area contributed by atoms with Crippen molar-refractivity contribution in [2.24, 2.45) is 0 Å². The predicted molar refractivity (Wildman–Crippen MR) is 93.9 cm³/mol. The third-order valence-electron chi connectivity index (χ3n) is 5.12. The van der Waals surface area contributed by atoms with E-state index in [1.54, 1.807) is 9.80 Å². The summed E-state index contributed by atoms with van der Waals surface area (Å²) in [6.45, 7) is 2.02. The summed E-state index contributed by atoms with van der Waals surface area (Å²) < 4.78 is 0. The van der Waals surface area contributed by atoms with Gasteiger partial charge in [-0.05, 0) is 25.5 Å². The third-order valence-corrected chi connectivity index (χ3v) is 5.94. The first-order valence-corrected chi connectivity index (χ1v) is 8.95. The third kappa shape index (κ3) is 3.30. The number of benzene rings is 1. The lowest BCUT2D eigenvalue weighted by Crippen LogP contribution is -2.44. The van der Waals surface area contributed by atoms with E-state index in [2.05, 4.69) is 0 Å². The van der Waals surface area contributed by atoms with Crippen LogP contribution in [0.3, 0.4) is 0 Å². The van der Waals surface area contributed by atoms with Crippen LogP contribution in [0.15, 0.2) is 12.1 Å². The van der Waals surface area contributed by atoms with Crippen LogP contribution < -0.4 is 0 Å². The number of fused-ring (bicyclic) bond motifs is 1. The van der Waals surface area contributed by atoms with Crippen molar-refractivity contribution in [3.63, 3.8) is 0 Å². The Balaban J connectivity index is 1.89. The van der Waals surface area contributed by atoms with Gasteiger partial charge in [0.1, 0.15) is 12.4 Å². The van der Waals surface area contributed by atoms with E-state index in [1.807, 2.05) is 6.92 Å². The second-order valence-electron chi connectivity index (χ2n) is 6.68. The molecule has 2 amide bonds. The van der Waals surface area contributed by atoms with Gasteiger partial charge in [0.05, 0.1) is 10.0 Å². The summed E-state index contributed by atoms with van der Waals surface area (Å²) >= 11 is 12.3. The van der Waals surface area contributed by atoms with Crippen molar-refractivity contribution < 1.29 is 19.8 Å². The first-order valence-electron chi connectivity index (χ1n) is 8.20. The van der Waals surface area contributed by atoms with Crippen molar-refractivity contribution in [2.75, 3.05) is 19.7 Å². The van der Waals surface area contributed by atoms with E-state index in [9.17, 15) is 19.8 Å². The first kappa shape index (κ1) is 18.3. The SMILES string of the molecule is C[C@@H]1CC(=O)N2C[C@@H](c3c(O)ccc(Cl)c3Cl)C[C@H]2CN1C(=O)CO. The number of aromatic hydroxyl groups is 1. The number of halogens is 2. The van der Waals surface area contributed by atoms with E-state index in [0.29, 0.717) is 35.1 Å². The van der Waals surface area contributed by atoms with Gasteiger partial charge in [-0.1, -0.05) is 23.2 Å². The Morgan fingerprint density at radius 3 is 2.72 bits per heavy atom. The van der Waals surface area contributed by atoms with Crippen LogP contribution in [0.4, 0.5) is 0 Å². The number of carbonyl (C=O) groups is 2. The van der Waals surface area contributed by atoms with Gasteiger partial charge in [0.25, 0.3) is 0 Å². The van der Waals surface area contributed by atoms with Gasteiger partial charge in [-0.15, -0.1) is 0 Å². The molecule has 0 unspecified atom stereocenters. The van der Waals surface area contributed by atoms with Crippen molar-refractivity contribution >= 4 is 35.0 Å². The number of phenolic OH excluding ortho intramolecular Hbond substituents is 1. The number of nitrogens with zero attached hydrogens (tertiary/aromatic N) is 2. The predicted octanol–water partition coefficient (Wildman–Crippen LogP) is 2.00. The fourth-order valence-electron chi connectivity index (χ4n) is 3.87. The minimum atomic E-state index is -0.574. The average Bonchev–Trinajstić information content (AvgIpc) is 2.94. The summed E-state index contributed by atoms with van der Waals surface area (Å²) in [5, 5.41) is 20.0. The second kappa shape index (κ2) is 7.02. The zero-order chi connectivity index (χ0) is 18.3. The Labute approximate surface area is 155 Å². The van der Waals surface area contributed by atoms with Crippen molar-refractivity contribution in [1.82, 2.24) is 9.80 Å². The van der Waals surface area contributed by atoms with E-state index in [-0.39, 0.29) is 42.0 Å². The zero-order valence-corrected chi connectivity index (χ0v) is 15.3. The molecule has 2 aliphatic rings. The number of aliphatic hydroxyl groups excluding tert-OH is 1. The molecule has 2 heterocycles. The van der Waals surface area contributed by atoms with Crippen LogP contribution in [0, 0.1) is 0 Å². The van der Waals surface area contributed by atoms with E-state index in [1.165, 1.54) is 12.1 Å². The zero-order valence-electron chi connectivity index (χ0n) is 13.8. The highest BCUT2D eigenvalue weighted by molar-refractivity contribution is 6.42. The Morgan fingerprint density at radius 1 is 1.32 bits per heavy atom. The maximum absolute atomic E-state index is 12.6. The van der Waals surface area contributed by atoms with Gasteiger partial charge in [0, 0.05) is 43.1 Å². The van der Waals surface area contributed by atoms with Gasteiger partial charge >= 0.3 is 0 Å². The van der Waals surface area contributed by atoms with Crippen molar-refractivity contribution in [2.45, 2.75) is 37.8 Å². The highest BCUT2D eigenvalue weighted by Crippen LogP contribution is 2.43. The number of phenols is 1. The lowest BCUT2D eigenvalue weighted by molar-refractivity contribution is -0.136. The van der Waals surface area contributed by atoms with Crippen molar-refractivity contribution in [1.29, 1.82) is 0 Å². The molecule has 0 radical (unpaired) electrons. The normalized spacial score (nSPS) is 26.6. The molecule has 136 valence electrons. The van der Waals surface area contributed by atoms with Crippen LogP contribution >= 0.6 is 23.2 Å². The number of hydrogen-bond acceptors (Lipinski definition) is 4. The van der Waals surface area contributed by atoms with Gasteiger partial charge in [-0.2, -0.15) is 0 Å². The molecule has 2 saturated heterocycles. The lowest BCUT2D eigenvalue weighted by Gasteiger charge is -2.28. The molecule has 3 rings (SSSR count). The lowest BCUT2D eigenvalue weighted by atomic mass is 9.95. The highest BCUT2D eigenvalue weighted by atomic mass is 35.5. The van der Waals surface area contributed by atoms with Crippen LogP contribution in [0.25, 0.3) is 0 Å². The molecule has 3 atom stereocenters. The molecule has 0 bridgehead atoms. The smallest absolute Gasteiger partial charge is 0.248 e. The summed E-state index contributed by atoms with van der Waals surface area (Å²) in [6.07, 6.45) is 0.783. The molecule has 1 aromatic rings. The van der Waals surface area contributed by atoms with Gasteiger partial charge in [-0.25, -0.2) is 0 Å². The standard InChI is InChI=1S/C17H20Cl2N2O4/c1-9-4-14(24)21-6-10(5-11(21)7-20(9)15(25)8-22)16-13(23)3-2-12(18)17(16)19/h2-3,9-11,22-23H,4-8H2,1H3/t9-,10+,11+/m1/s1. The molecule has 0 aromatic heterocycles. The number of rotatable bonds is 2. The largest absolute Gasteiger partial charge is 0.508 e. The van der Waals surface area contributed by atoms with Gasteiger partial charge in [0.2, 0.25) is 11.8 Å². The first-order chi connectivity index (χ1) is 11.8. The molecular weight excluding hydrogens is 367 g/mol. The molecule has 2 fully saturated rings. The molecule has 25 heavy (non-hydrogen) atoms. The molecule has 8 heteroatoms. The van der Waals surface area contributed by atoms with Crippen LogP contribution in [0.5, 0.6) is 5.75 Å². The highest BCUT2D eigenvalue weighted by Gasteiger charge is 2.42. The van der Waals surface area contributed by atoms with Gasteiger partial charge in [-0.3, -0.25) is 9.59 Å². The van der Waals surface area contributed by atoms with Gasteiger partial charge < -0.3 is 20.0 Å². The van der Waals surface area contributed by atoms with Crippen LogP contribution in [0.2, 0.25) is 10.0 Å². The maximum atomic E-state index is 12.6. The minimum Gasteiger partial charge on any atom is -0.508 e. The number of amides is 2.